The molecule has 1 aliphatic rings. The first-order valence-corrected chi connectivity index (χ1v) is 8.32. The molecule has 1 aromatic rings. The second-order valence-electron chi connectivity index (χ2n) is 5.19. The Balaban J connectivity index is 2.01. The minimum absolute atomic E-state index is 0.148. The Kier molecular flexibility index (Phi) is 5.89. The highest BCUT2D eigenvalue weighted by Gasteiger charge is 2.26. The van der Waals surface area contributed by atoms with E-state index < -0.39 is 0 Å². The van der Waals surface area contributed by atoms with Gasteiger partial charge in [0.2, 0.25) is 0 Å². The van der Waals surface area contributed by atoms with Crippen molar-refractivity contribution in [2.24, 2.45) is 5.73 Å². The minimum Gasteiger partial charge on any atom is -0.392 e. The van der Waals surface area contributed by atoms with Crippen LogP contribution in [-0.4, -0.2) is 47.1 Å². The lowest BCUT2D eigenvalue weighted by molar-refractivity contribution is 0.218. The van der Waals surface area contributed by atoms with Gasteiger partial charge < -0.3 is 10.6 Å². The molecule has 0 radical (unpaired) electrons. The van der Waals surface area contributed by atoms with Crippen LogP contribution >= 0.6 is 28.1 Å². The van der Waals surface area contributed by atoms with Crippen molar-refractivity contribution in [3.8, 4) is 0 Å². The highest BCUT2D eigenvalue weighted by atomic mass is 79.9. The van der Waals surface area contributed by atoms with E-state index in [1.54, 1.807) is 6.20 Å². The first-order chi connectivity index (χ1) is 10.0. The van der Waals surface area contributed by atoms with E-state index in [1.807, 2.05) is 4.90 Å². The van der Waals surface area contributed by atoms with Gasteiger partial charge in [0.15, 0.2) is 11.6 Å². The number of anilines is 1. The summed E-state index contributed by atoms with van der Waals surface area (Å²) in [6.07, 6.45) is 3.64. The van der Waals surface area contributed by atoms with Gasteiger partial charge in [-0.2, -0.15) is 0 Å². The van der Waals surface area contributed by atoms with Crippen LogP contribution in [0.2, 0.25) is 0 Å². The molecule has 0 spiro atoms. The van der Waals surface area contributed by atoms with Crippen LogP contribution in [0.3, 0.4) is 0 Å². The average molecular weight is 375 g/mol. The minimum atomic E-state index is -0.294. The van der Waals surface area contributed by atoms with Crippen molar-refractivity contribution in [1.82, 2.24) is 9.88 Å². The molecule has 1 saturated heterocycles. The number of rotatable bonds is 5. The molecule has 7 heteroatoms. The monoisotopic (exact) mass is 374 g/mol. The van der Waals surface area contributed by atoms with Crippen LogP contribution in [0.5, 0.6) is 0 Å². The second kappa shape index (κ2) is 7.47. The standard InChI is InChI=1S/C14H20BrFN4S/c1-2-3-12(13(17)21)19-4-6-20(7-5-19)14-11(16)8-10(15)9-18-14/h8-9,12H,2-7H2,1H3,(H2,17,21). The molecule has 0 aliphatic carbocycles. The topological polar surface area (TPSA) is 45.4 Å². The number of halogens is 2. The molecule has 0 aromatic carbocycles. The number of thiocarbonyl (C=S) groups is 1. The van der Waals surface area contributed by atoms with Gasteiger partial charge in [0.25, 0.3) is 0 Å². The Morgan fingerprint density at radius 3 is 2.67 bits per heavy atom. The summed E-state index contributed by atoms with van der Waals surface area (Å²) >= 11 is 8.39. The number of hydrogen-bond donors (Lipinski definition) is 1. The predicted molar refractivity (Wildman–Crippen MR) is 91.2 cm³/mol. The maximum atomic E-state index is 14.0. The molecule has 0 bridgehead atoms. The zero-order valence-corrected chi connectivity index (χ0v) is 14.5. The van der Waals surface area contributed by atoms with Crippen LogP contribution < -0.4 is 10.6 Å². The van der Waals surface area contributed by atoms with E-state index in [0.717, 1.165) is 39.0 Å². The van der Waals surface area contributed by atoms with Gasteiger partial charge in [0.1, 0.15) is 0 Å². The van der Waals surface area contributed by atoms with Gasteiger partial charge >= 0.3 is 0 Å². The molecule has 1 atom stereocenters. The molecular weight excluding hydrogens is 355 g/mol. The third kappa shape index (κ3) is 4.11. The van der Waals surface area contributed by atoms with Crippen molar-refractivity contribution in [3.05, 3.63) is 22.6 Å². The smallest absolute Gasteiger partial charge is 0.166 e. The van der Waals surface area contributed by atoms with Crippen molar-refractivity contribution in [3.63, 3.8) is 0 Å². The lowest BCUT2D eigenvalue weighted by atomic mass is 10.1. The van der Waals surface area contributed by atoms with Crippen molar-refractivity contribution in [2.75, 3.05) is 31.1 Å². The number of hydrogen-bond acceptors (Lipinski definition) is 4. The molecule has 0 amide bonds. The molecule has 1 unspecified atom stereocenters. The largest absolute Gasteiger partial charge is 0.392 e. The maximum Gasteiger partial charge on any atom is 0.166 e. The quantitative estimate of drug-likeness (QED) is 0.802. The first kappa shape index (κ1) is 16.6. The van der Waals surface area contributed by atoms with Gasteiger partial charge in [-0.25, -0.2) is 9.37 Å². The Morgan fingerprint density at radius 1 is 1.48 bits per heavy atom. The van der Waals surface area contributed by atoms with Crippen LogP contribution in [0.4, 0.5) is 10.2 Å². The summed E-state index contributed by atoms with van der Waals surface area (Å²) in [5, 5.41) is 0. The second-order valence-corrected chi connectivity index (χ2v) is 6.58. The van der Waals surface area contributed by atoms with Crippen molar-refractivity contribution < 1.29 is 4.39 Å². The van der Waals surface area contributed by atoms with E-state index in [4.69, 9.17) is 18.0 Å². The fourth-order valence-electron chi connectivity index (χ4n) is 2.66. The zero-order valence-electron chi connectivity index (χ0n) is 12.1. The van der Waals surface area contributed by atoms with E-state index in [2.05, 4.69) is 32.7 Å². The molecule has 1 aliphatic heterocycles. The summed E-state index contributed by atoms with van der Waals surface area (Å²) in [4.78, 5) is 9.00. The van der Waals surface area contributed by atoms with Crippen molar-refractivity contribution in [1.29, 1.82) is 0 Å². The fourth-order valence-corrected chi connectivity index (χ4v) is 3.23. The Bertz CT molecular complexity index is 506. The highest BCUT2D eigenvalue weighted by molar-refractivity contribution is 9.10. The fraction of sp³-hybridized carbons (Fsp3) is 0.571. The molecule has 116 valence electrons. The third-order valence-corrected chi connectivity index (χ3v) is 4.44. The number of piperazine rings is 1. The van der Waals surface area contributed by atoms with Crippen molar-refractivity contribution >= 4 is 39.0 Å². The summed E-state index contributed by atoms with van der Waals surface area (Å²) in [7, 11) is 0. The zero-order chi connectivity index (χ0) is 15.4. The summed E-state index contributed by atoms with van der Waals surface area (Å²) in [6, 6.07) is 1.60. The number of aromatic nitrogens is 1. The summed E-state index contributed by atoms with van der Waals surface area (Å²) in [5.41, 5.74) is 5.84. The highest BCUT2D eigenvalue weighted by Crippen LogP contribution is 2.22. The number of nitrogens with zero attached hydrogens (tertiary/aromatic N) is 3. The Hall–Kier alpha value is -0.790. The predicted octanol–water partition coefficient (Wildman–Crippen LogP) is 2.56. The molecular formula is C14H20BrFN4S. The van der Waals surface area contributed by atoms with Gasteiger partial charge in [-0.3, -0.25) is 4.90 Å². The van der Waals surface area contributed by atoms with Gasteiger partial charge in [-0.05, 0) is 28.4 Å². The first-order valence-electron chi connectivity index (χ1n) is 7.12. The molecule has 21 heavy (non-hydrogen) atoms. The summed E-state index contributed by atoms with van der Waals surface area (Å²) in [6.45, 7) is 5.23. The van der Waals surface area contributed by atoms with Crippen LogP contribution in [0.1, 0.15) is 19.8 Å². The van der Waals surface area contributed by atoms with E-state index in [-0.39, 0.29) is 11.9 Å². The lowest BCUT2D eigenvalue weighted by Crippen LogP contribution is -2.54. The van der Waals surface area contributed by atoms with Crippen LogP contribution in [0, 0.1) is 5.82 Å². The van der Waals surface area contributed by atoms with Crippen LogP contribution in [0.25, 0.3) is 0 Å². The van der Waals surface area contributed by atoms with E-state index in [1.165, 1.54) is 6.07 Å². The van der Waals surface area contributed by atoms with Crippen LogP contribution in [0.15, 0.2) is 16.7 Å². The molecule has 0 saturated carbocycles. The molecule has 2 N–H and O–H groups in total. The van der Waals surface area contributed by atoms with E-state index >= 15 is 0 Å². The van der Waals surface area contributed by atoms with Gasteiger partial charge in [0.05, 0.1) is 11.0 Å². The average Bonchev–Trinajstić information content (AvgIpc) is 2.45. The van der Waals surface area contributed by atoms with Gasteiger partial charge in [0, 0.05) is 36.8 Å². The summed E-state index contributed by atoms with van der Waals surface area (Å²) < 4.78 is 14.6. The SMILES string of the molecule is CCCC(C(N)=S)N1CCN(c2ncc(Br)cc2F)CC1. The van der Waals surface area contributed by atoms with E-state index in [0.29, 0.717) is 15.3 Å². The lowest BCUT2D eigenvalue weighted by Gasteiger charge is -2.39. The number of pyridine rings is 1. The molecule has 1 aromatic heterocycles. The molecule has 1 fully saturated rings. The van der Waals surface area contributed by atoms with Gasteiger partial charge in [-0.1, -0.05) is 25.6 Å². The molecule has 2 rings (SSSR count). The Labute approximate surface area is 138 Å². The summed E-state index contributed by atoms with van der Waals surface area (Å²) in [5.74, 6) is 0.123. The van der Waals surface area contributed by atoms with Gasteiger partial charge in [-0.15, -0.1) is 0 Å². The molecule has 2 heterocycles. The number of nitrogens with two attached hydrogens (primary N) is 1. The molecule has 4 nitrogen and oxygen atoms in total. The van der Waals surface area contributed by atoms with Crippen LogP contribution in [-0.2, 0) is 0 Å². The van der Waals surface area contributed by atoms with E-state index in [9.17, 15) is 4.39 Å². The van der Waals surface area contributed by atoms with Crippen molar-refractivity contribution in [2.45, 2.75) is 25.8 Å². The normalized spacial score (nSPS) is 17.8. The third-order valence-electron chi connectivity index (χ3n) is 3.73. The Morgan fingerprint density at radius 2 is 2.14 bits per heavy atom. The maximum absolute atomic E-state index is 14.0.